The van der Waals surface area contributed by atoms with Crippen molar-refractivity contribution in [3.05, 3.63) is 21.5 Å². The standard InChI is InChI=1S/C8H11N3O4/c1-8(2,3)6-5(11(14)15)4(7(12)13)9-10-6/h1-3H3,(H,9,10)(H,12,13). The number of nitrogens with zero attached hydrogens (tertiary/aromatic N) is 2. The van der Waals surface area contributed by atoms with Crippen molar-refractivity contribution in [3.8, 4) is 0 Å². The van der Waals surface area contributed by atoms with Crippen molar-refractivity contribution in [1.29, 1.82) is 0 Å². The number of carboxylic acid groups (broad SMARTS) is 1. The van der Waals surface area contributed by atoms with Gasteiger partial charge in [0, 0.05) is 5.41 Å². The van der Waals surface area contributed by atoms with Gasteiger partial charge < -0.3 is 5.11 Å². The first-order valence-electron chi connectivity index (χ1n) is 4.21. The molecule has 0 atom stereocenters. The molecule has 7 heteroatoms. The molecule has 0 aliphatic rings. The molecule has 0 aromatic carbocycles. The number of rotatable bonds is 2. The lowest BCUT2D eigenvalue weighted by molar-refractivity contribution is -0.386. The lowest BCUT2D eigenvalue weighted by Gasteiger charge is -2.13. The van der Waals surface area contributed by atoms with Crippen molar-refractivity contribution in [2.45, 2.75) is 26.2 Å². The summed E-state index contributed by atoms with van der Waals surface area (Å²) in [6.07, 6.45) is 0. The number of aromatic carboxylic acids is 1. The zero-order chi connectivity index (χ0) is 11.8. The van der Waals surface area contributed by atoms with Gasteiger partial charge >= 0.3 is 11.7 Å². The topological polar surface area (TPSA) is 109 Å². The van der Waals surface area contributed by atoms with E-state index < -0.39 is 27.7 Å². The monoisotopic (exact) mass is 213 g/mol. The Bertz CT molecular complexity index is 416. The fourth-order valence-corrected chi connectivity index (χ4v) is 1.19. The molecule has 7 nitrogen and oxygen atoms in total. The molecule has 0 fully saturated rings. The molecule has 2 N–H and O–H groups in total. The van der Waals surface area contributed by atoms with Crippen LogP contribution in [0.15, 0.2) is 0 Å². The van der Waals surface area contributed by atoms with Crippen LogP contribution in [-0.4, -0.2) is 26.2 Å². The number of aromatic amines is 1. The van der Waals surface area contributed by atoms with Crippen LogP contribution in [-0.2, 0) is 5.41 Å². The second-order valence-corrected chi connectivity index (χ2v) is 4.11. The first-order chi connectivity index (χ1) is 6.75. The quantitative estimate of drug-likeness (QED) is 0.568. The Kier molecular flexibility index (Phi) is 2.48. The molecule has 0 spiro atoms. The van der Waals surface area contributed by atoms with E-state index in [0.717, 1.165) is 0 Å². The van der Waals surface area contributed by atoms with E-state index in [1.807, 2.05) is 0 Å². The fourth-order valence-electron chi connectivity index (χ4n) is 1.19. The largest absolute Gasteiger partial charge is 0.476 e. The maximum atomic E-state index is 10.7. The molecule has 1 heterocycles. The fraction of sp³-hybridized carbons (Fsp3) is 0.500. The van der Waals surface area contributed by atoms with Gasteiger partial charge in [0.05, 0.1) is 4.92 Å². The van der Waals surface area contributed by atoms with Gasteiger partial charge in [-0.3, -0.25) is 15.2 Å². The molecule has 0 saturated heterocycles. The summed E-state index contributed by atoms with van der Waals surface area (Å²) in [6.45, 7) is 5.17. The highest BCUT2D eigenvalue weighted by Crippen LogP contribution is 2.31. The van der Waals surface area contributed by atoms with Crippen molar-refractivity contribution >= 4 is 11.7 Å². The number of nitrogens with one attached hydrogen (secondary N) is 1. The zero-order valence-electron chi connectivity index (χ0n) is 8.57. The summed E-state index contributed by atoms with van der Waals surface area (Å²) in [5, 5.41) is 25.3. The van der Waals surface area contributed by atoms with Gasteiger partial charge in [-0.2, -0.15) is 5.10 Å². The highest BCUT2D eigenvalue weighted by atomic mass is 16.6. The van der Waals surface area contributed by atoms with Gasteiger partial charge in [-0.15, -0.1) is 0 Å². The van der Waals surface area contributed by atoms with Crippen molar-refractivity contribution in [1.82, 2.24) is 10.2 Å². The van der Waals surface area contributed by atoms with Gasteiger partial charge in [0.15, 0.2) is 0 Å². The second-order valence-electron chi connectivity index (χ2n) is 4.11. The van der Waals surface area contributed by atoms with Crippen LogP contribution in [0.1, 0.15) is 37.0 Å². The van der Waals surface area contributed by atoms with E-state index in [-0.39, 0.29) is 5.69 Å². The molecule has 0 aliphatic carbocycles. The predicted octanol–water partition coefficient (Wildman–Crippen LogP) is 1.31. The molecule has 15 heavy (non-hydrogen) atoms. The van der Waals surface area contributed by atoms with Gasteiger partial charge in [0.25, 0.3) is 0 Å². The van der Waals surface area contributed by atoms with Gasteiger partial charge in [-0.1, -0.05) is 20.8 Å². The van der Waals surface area contributed by atoms with Crippen molar-refractivity contribution in [2.75, 3.05) is 0 Å². The summed E-state index contributed by atoms with van der Waals surface area (Å²) in [7, 11) is 0. The number of H-pyrrole nitrogens is 1. The summed E-state index contributed by atoms with van der Waals surface area (Å²) in [6, 6.07) is 0. The third kappa shape index (κ3) is 1.95. The maximum absolute atomic E-state index is 10.7. The third-order valence-electron chi connectivity index (χ3n) is 1.85. The Hall–Kier alpha value is -1.92. The number of nitro groups is 1. The Labute approximate surface area is 85.3 Å². The number of carboxylic acids is 1. The minimum Gasteiger partial charge on any atom is -0.476 e. The second kappa shape index (κ2) is 3.34. The summed E-state index contributed by atoms with van der Waals surface area (Å²) >= 11 is 0. The number of aromatic nitrogens is 2. The van der Waals surface area contributed by atoms with E-state index in [4.69, 9.17) is 5.11 Å². The molecule has 0 amide bonds. The lowest BCUT2D eigenvalue weighted by atomic mass is 9.91. The number of hydrogen-bond acceptors (Lipinski definition) is 4. The number of hydrogen-bond donors (Lipinski definition) is 2. The van der Waals surface area contributed by atoms with Gasteiger partial charge in [-0.25, -0.2) is 4.79 Å². The molecule has 1 aromatic rings. The van der Waals surface area contributed by atoms with E-state index in [0.29, 0.717) is 0 Å². The van der Waals surface area contributed by atoms with Crippen LogP contribution < -0.4 is 0 Å². The van der Waals surface area contributed by atoms with E-state index in [9.17, 15) is 14.9 Å². The number of carbonyl (C=O) groups is 1. The molecule has 0 radical (unpaired) electrons. The average molecular weight is 213 g/mol. The van der Waals surface area contributed by atoms with E-state index in [2.05, 4.69) is 10.2 Å². The molecule has 0 saturated carbocycles. The highest BCUT2D eigenvalue weighted by Gasteiger charge is 2.34. The van der Waals surface area contributed by atoms with Crippen LogP contribution in [0.4, 0.5) is 5.69 Å². The van der Waals surface area contributed by atoms with E-state index >= 15 is 0 Å². The summed E-state index contributed by atoms with van der Waals surface area (Å²) < 4.78 is 0. The molecular weight excluding hydrogens is 202 g/mol. The molecule has 1 rings (SSSR count). The van der Waals surface area contributed by atoms with Gasteiger partial charge in [0.1, 0.15) is 5.69 Å². The SMILES string of the molecule is CC(C)(C)c1n[nH]c(C(=O)O)c1[N+](=O)[O-]. The summed E-state index contributed by atoms with van der Waals surface area (Å²) in [5.74, 6) is -1.38. The van der Waals surface area contributed by atoms with E-state index in [1.54, 1.807) is 20.8 Å². The van der Waals surface area contributed by atoms with Crippen molar-refractivity contribution in [3.63, 3.8) is 0 Å². The lowest BCUT2D eigenvalue weighted by Crippen LogP contribution is -2.14. The summed E-state index contributed by atoms with van der Waals surface area (Å²) in [4.78, 5) is 20.7. The first kappa shape index (κ1) is 11.2. The highest BCUT2D eigenvalue weighted by molar-refractivity contribution is 5.90. The van der Waals surface area contributed by atoms with Crippen LogP contribution >= 0.6 is 0 Å². The summed E-state index contributed by atoms with van der Waals surface area (Å²) in [5.41, 5.74) is -1.38. The Morgan fingerprint density at radius 3 is 2.40 bits per heavy atom. The van der Waals surface area contributed by atoms with Crippen molar-refractivity contribution < 1.29 is 14.8 Å². The Balaban J connectivity index is 3.44. The van der Waals surface area contributed by atoms with Crippen LogP contribution in [0.5, 0.6) is 0 Å². The van der Waals surface area contributed by atoms with Crippen molar-refractivity contribution in [2.24, 2.45) is 0 Å². The Morgan fingerprint density at radius 1 is 1.53 bits per heavy atom. The molecule has 1 aromatic heterocycles. The molecule has 0 unspecified atom stereocenters. The van der Waals surface area contributed by atoms with Crippen LogP contribution in [0.3, 0.4) is 0 Å². The van der Waals surface area contributed by atoms with Crippen LogP contribution in [0, 0.1) is 10.1 Å². The maximum Gasteiger partial charge on any atom is 0.361 e. The Morgan fingerprint density at radius 2 is 2.07 bits per heavy atom. The first-order valence-corrected chi connectivity index (χ1v) is 4.21. The molecular formula is C8H11N3O4. The van der Waals surface area contributed by atoms with Crippen LogP contribution in [0.25, 0.3) is 0 Å². The molecule has 82 valence electrons. The average Bonchev–Trinajstić information content (AvgIpc) is 2.45. The van der Waals surface area contributed by atoms with Gasteiger partial charge in [-0.05, 0) is 0 Å². The minimum absolute atomic E-state index is 0.143. The normalized spacial score (nSPS) is 11.4. The zero-order valence-corrected chi connectivity index (χ0v) is 8.57. The minimum atomic E-state index is -1.38. The van der Waals surface area contributed by atoms with E-state index in [1.165, 1.54) is 0 Å². The van der Waals surface area contributed by atoms with Gasteiger partial charge in [0.2, 0.25) is 5.69 Å². The molecule has 0 aliphatic heterocycles. The van der Waals surface area contributed by atoms with Crippen LogP contribution in [0.2, 0.25) is 0 Å². The smallest absolute Gasteiger partial charge is 0.361 e. The third-order valence-corrected chi connectivity index (χ3v) is 1.85. The predicted molar refractivity (Wildman–Crippen MR) is 50.9 cm³/mol. The molecule has 0 bridgehead atoms.